The smallest absolute Gasteiger partial charge is 0.257 e. The molecule has 0 saturated heterocycles. The minimum atomic E-state index is -0.144. The lowest BCUT2D eigenvalue weighted by molar-refractivity contribution is 0.0680. The van der Waals surface area contributed by atoms with Gasteiger partial charge in [0.25, 0.3) is 5.91 Å². The van der Waals surface area contributed by atoms with E-state index >= 15 is 0 Å². The van der Waals surface area contributed by atoms with E-state index < -0.39 is 0 Å². The molecule has 4 nitrogen and oxygen atoms in total. The Labute approximate surface area is 149 Å². The summed E-state index contributed by atoms with van der Waals surface area (Å²) in [6, 6.07) is 15.8. The number of para-hydroxylation sites is 1. The zero-order chi connectivity index (χ0) is 17.6. The highest BCUT2D eigenvalue weighted by molar-refractivity contribution is 6.01. The van der Waals surface area contributed by atoms with E-state index in [0.717, 1.165) is 55.0 Å². The van der Waals surface area contributed by atoms with Crippen molar-refractivity contribution < 1.29 is 9.53 Å². The van der Waals surface area contributed by atoms with Gasteiger partial charge in [-0.15, -0.1) is 0 Å². The van der Waals surface area contributed by atoms with Gasteiger partial charge in [0.15, 0.2) is 0 Å². The van der Waals surface area contributed by atoms with E-state index in [4.69, 9.17) is 4.74 Å². The quantitative estimate of drug-likeness (QED) is 0.785. The first kappa shape index (κ1) is 17.3. The van der Waals surface area contributed by atoms with Gasteiger partial charge in [0.1, 0.15) is 11.9 Å². The number of nitrogens with one attached hydrogen (secondary N) is 1. The van der Waals surface area contributed by atoms with Crippen molar-refractivity contribution in [3.8, 4) is 5.75 Å². The topological polar surface area (TPSA) is 41.6 Å². The van der Waals surface area contributed by atoms with E-state index in [1.807, 2.05) is 53.4 Å². The van der Waals surface area contributed by atoms with Crippen molar-refractivity contribution in [1.82, 2.24) is 4.90 Å². The monoisotopic (exact) mass is 338 g/mol. The summed E-state index contributed by atoms with van der Waals surface area (Å²) in [6.45, 7) is 5.70. The molecule has 0 bridgehead atoms. The Morgan fingerprint density at radius 2 is 1.80 bits per heavy atom. The summed E-state index contributed by atoms with van der Waals surface area (Å²) in [7, 11) is 0. The predicted octanol–water partition coefficient (Wildman–Crippen LogP) is 4.84. The fourth-order valence-corrected chi connectivity index (χ4v) is 3.08. The predicted molar refractivity (Wildman–Crippen MR) is 101 cm³/mol. The molecule has 1 N–H and O–H groups in total. The number of rotatable bonds is 7. The molecular formula is C21H26N2O2. The van der Waals surface area contributed by atoms with Crippen molar-refractivity contribution >= 4 is 11.6 Å². The maximum Gasteiger partial charge on any atom is 0.257 e. The van der Waals surface area contributed by atoms with Gasteiger partial charge in [0.05, 0.1) is 12.2 Å². The van der Waals surface area contributed by atoms with Gasteiger partial charge in [-0.3, -0.25) is 4.79 Å². The van der Waals surface area contributed by atoms with Gasteiger partial charge in [-0.1, -0.05) is 44.5 Å². The van der Waals surface area contributed by atoms with Crippen LogP contribution in [0.25, 0.3) is 0 Å². The van der Waals surface area contributed by atoms with Gasteiger partial charge in [-0.05, 0) is 42.7 Å². The highest BCUT2D eigenvalue weighted by Gasteiger charge is 2.32. The normalized spacial score (nSPS) is 16.3. The molecule has 1 aliphatic rings. The number of benzene rings is 2. The number of ether oxygens (including phenoxy) is 1. The van der Waals surface area contributed by atoms with E-state index in [-0.39, 0.29) is 12.1 Å². The van der Waals surface area contributed by atoms with Crippen LogP contribution in [0.2, 0.25) is 0 Å². The summed E-state index contributed by atoms with van der Waals surface area (Å²) >= 11 is 0. The second kappa shape index (κ2) is 8.06. The van der Waals surface area contributed by atoms with Crippen molar-refractivity contribution in [2.24, 2.45) is 0 Å². The molecule has 1 heterocycles. The molecular weight excluding hydrogens is 312 g/mol. The Hall–Kier alpha value is -2.49. The van der Waals surface area contributed by atoms with Gasteiger partial charge in [-0.25, -0.2) is 0 Å². The number of carbonyl (C=O) groups is 1. The molecule has 2 aromatic rings. The Kier molecular flexibility index (Phi) is 5.59. The molecule has 0 spiro atoms. The first-order valence-corrected chi connectivity index (χ1v) is 9.14. The second-order valence-corrected chi connectivity index (χ2v) is 6.36. The van der Waals surface area contributed by atoms with Crippen LogP contribution in [-0.4, -0.2) is 24.0 Å². The van der Waals surface area contributed by atoms with Crippen LogP contribution in [0, 0.1) is 0 Å². The number of fused-ring (bicyclic) bond motifs is 1. The van der Waals surface area contributed by atoms with Crippen LogP contribution in [-0.2, 0) is 0 Å². The lowest BCUT2D eigenvalue weighted by atomic mass is 10.0. The third-order valence-electron chi connectivity index (χ3n) is 4.44. The first-order valence-electron chi connectivity index (χ1n) is 9.14. The number of unbranched alkanes of at least 4 members (excludes halogenated alkanes) is 1. The van der Waals surface area contributed by atoms with Crippen LogP contribution in [0.15, 0.2) is 48.5 Å². The van der Waals surface area contributed by atoms with Crippen molar-refractivity contribution in [1.29, 1.82) is 0 Å². The summed E-state index contributed by atoms with van der Waals surface area (Å²) in [6.07, 6.45) is 2.89. The van der Waals surface area contributed by atoms with Crippen LogP contribution in [0.4, 0.5) is 5.69 Å². The van der Waals surface area contributed by atoms with E-state index in [1.165, 1.54) is 0 Å². The average Bonchev–Trinajstić information content (AvgIpc) is 2.66. The number of hydrogen-bond donors (Lipinski definition) is 1. The fraction of sp³-hybridized carbons (Fsp3) is 0.381. The van der Waals surface area contributed by atoms with Crippen molar-refractivity contribution in [3.63, 3.8) is 0 Å². The van der Waals surface area contributed by atoms with Crippen LogP contribution in [0.1, 0.15) is 55.2 Å². The Morgan fingerprint density at radius 3 is 2.52 bits per heavy atom. The van der Waals surface area contributed by atoms with E-state index in [1.54, 1.807) is 0 Å². The summed E-state index contributed by atoms with van der Waals surface area (Å²) in [5, 5.41) is 3.53. The Morgan fingerprint density at radius 1 is 1.04 bits per heavy atom. The van der Waals surface area contributed by atoms with Gasteiger partial charge in [-0.2, -0.15) is 0 Å². The highest BCUT2D eigenvalue weighted by Crippen LogP contribution is 2.33. The molecule has 0 fully saturated rings. The van der Waals surface area contributed by atoms with Gasteiger partial charge in [0, 0.05) is 12.2 Å². The first-order chi connectivity index (χ1) is 12.2. The number of carbonyl (C=O) groups excluding carboxylic acids is 1. The zero-order valence-corrected chi connectivity index (χ0v) is 15.0. The van der Waals surface area contributed by atoms with Crippen molar-refractivity contribution in [2.45, 2.75) is 39.3 Å². The molecule has 132 valence electrons. The minimum absolute atomic E-state index is 0.0964. The van der Waals surface area contributed by atoms with Crippen molar-refractivity contribution in [3.05, 3.63) is 59.7 Å². The SMILES string of the molecule is CCCCN1C(=O)c2ccccc2NC1c1ccc(OCCC)cc1. The molecule has 0 radical (unpaired) electrons. The molecule has 3 rings (SSSR count). The third kappa shape index (κ3) is 3.78. The van der Waals surface area contributed by atoms with Gasteiger partial charge in [0.2, 0.25) is 0 Å². The Balaban J connectivity index is 1.88. The van der Waals surface area contributed by atoms with E-state index in [9.17, 15) is 4.79 Å². The largest absolute Gasteiger partial charge is 0.494 e. The maximum absolute atomic E-state index is 13.0. The molecule has 2 aromatic carbocycles. The lowest BCUT2D eigenvalue weighted by Gasteiger charge is -2.38. The number of nitrogens with zero attached hydrogens (tertiary/aromatic N) is 1. The third-order valence-corrected chi connectivity index (χ3v) is 4.44. The summed E-state index contributed by atoms with van der Waals surface area (Å²) < 4.78 is 5.67. The van der Waals surface area contributed by atoms with E-state index in [0.29, 0.717) is 0 Å². The molecule has 1 aliphatic heterocycles. The summed E-state index contributed by atoms with van der Waals surface area (Å²) in [4.78, 5) is 14.9. The number of anilines is 1. The molecule has 4 heteroatoms. The van der Waals surface area contributed by atoms with Crippen LogP contribution in [0.5, 0.6) is 5.75 Å². The maximum atomic E-state index is 13.0. The summed E-state index contributed by atoms with van der Waals surface area (Å²) in [5.74, 6) is 0.965. The molecule has 0 saturated carbocycles. The molecule has 1 unspecified atom stereocenters. The highest BCUT2D eigenvalue weighted by atomic mass is 16.5. The molecule has 25 heavy (non-hydrogen) atoms. The van der Waals surface area contributed by atoms with Crippen LogP contribution >= 0.6 is 0 Å². The minimum Gasteiger partial charge on any atom is -0.494 e. The summed E-state index contributed by atoms with van der Waals surface area (Å²) in [5.41, 5.74) is 2.72. The fourth-order valence-electron chi connectivity index (χ4n) is 3.08. The number of amides is 1. The standard InChI is InChI=1S/C21H26N2O2/c1-3-5-14-23-20(16-10-12-17(13-11-16)25-15-4-2)22-19-9-7-6-8-18(19)21(23)24/h6-13,20,22H,3-5,14-15H2,1-2H3. The zero-order valence-electron chi connectivity index (χ0n) is 15.0. The van der Waals surface area contributed by atoms with Gasteiger partial charge >= 0.3 is 0 Å². The van der Waals surface area contributed by atoms with Gasteiger partial charge < -0.3 is 15.0 Å². The van der Waals surface area contributed by atoms with Crippen LogP contribution in [0.3, 0.4) is 0 Å². The molecule has 0 aromatic heterocycles. The van der Waals surface area contributed by atoms with Crippen molar-refractivity contribution in [2.75, 3.05) is 18.5 Å². The number of hydrogen-bond acceptors (Lipinski definition) is 3. The average molecular weight is 338 g/mol. The lowest BCUT2D eigenvalue weighted by Crippen LogP contribution is -2.43. The molecule has 0 aliphatic carbocycles. The Bertz CT molecular complexity index is 712. The van der Waals surface area contributed by atoms with Crippen LogP contribution < -0.4 is 10.1 Å². The second-order valence-electron chi connectivity index (χ2n) is 6.36. The molecule has 1 amide bonds. The van der Waals surface area contributed by atoms with E-state index in [2.05, 4.69) is 19.2 Å². The molecule has 1 atom stereocenters.